The van der Waals surface area contributed by atoms with E-state index in [0.29, 0.717) is 18.7 Å². The molecule has 2 heterocycles. The van der Waals surface area contributed by atoms with Crippen LogP contribution in [0.5, 0.6) is 0 Å². The van der Waals surface area contributed by atoms with Gasteiger partial charge in [0.15, 0.2) is 6.23 Å². The van der Waals surface area contributed by atoms with E-state index in [0.717, 1.165) is 11.3 Å². The summed E-state index contributed by atoms with van der Waals surface area (Å²) in [6.45, 7) is 1.17. The quantitative estimate of drug-likeness (QED) is 0.739. The molecule has 120 valence electrons. The maximum Gasteiger partial charge on any atom is 0.256 e. The number of carbonyl (C=O) groups is 1. The average molecular weight is 318 g/mol. The monoisotopic (exact) mass is 318 g/mol. The third-order valence-corrected chi connectivity index (χ3v) is 4.25. The van der Waals surface area contributed by atoms with E-state index < -0.39 is 0 Å². The maximum absolute atomic E-state index is 12.9. The molecule has 1 amide bonds. The summed E-state index contributed by atoms with van der Waals surface area (Å²) < 4.78 is 7.79. The lowest BCUT2D eigenvalue weighted by Crippen LogP contribution is -2.31. The Morgan fingerprint density at radius 1 is 0.917 bits per heavy atom. The number of hydrogen-bond donors (Lipinski definition) is 0. The number of ether oxygens (including phenoxy) is 1. The van der Waals surface area contributed by atoms with Crippen molar-refractivity contribution in [2.24, 2.45) is 0 Å². The summed E-state index contributed by atoms with van der Waals surface area (Å²) in [7, 11) is 0. The first-order valence-corrected chi connectivity index (χ1v) is 8.04. The minimum Gasteiger partial charge on any atom is -0.352 e. The molecular weight excluding hydrogens is 300 g/mol. The fraction of sp³-hybridized carbons (Fsp3) is 0.150. The van der Waals surface area contributed by atoms with Gasteiger partial charge in [-0.1, -0.05) is 30.3 Å². The van der Waals surface area contributed by atoms with E-state index >= 15 is 0 Å². The van der Waals surface area contributed by atoms with Crippen LogP contribution in [0.15, 0.2) is 79.1 Å². The number of nitrogens with zero attached hydrogens (tertiary/aromatic N) is 2. The van der Waals surface area contributed by atoms with Crippen LogP contribution in [-0.2, 0) is 4.74 Å². The lowest BCUT2D eigenvalue weighted by Gasteiger charge is -2.23. The third-order valence-electron chi connectivity index (χ3n) is 4.25. The summed E-state index contributed by atoms with van der Waals surface area (Å²) in [4.78, 5) is 14.7. The molecule has 0 saturated carbocycles. The van der Waals surface area contributed by atoms with Crippen LogP contribution in [0, 0.1) is 0 Å². The number of amides is 1. The summed E-state index contributed by atoms with van der Waals surface area (Å²) in [6.07, 6.45) is 3.66. The molecule has 2 aromatic carbocycles. The van der Waals surface area contributed by atoms with Gasteiger partial charge in [-0.25, -0.2) is 0 Å². The van der Waals surface area contributed by atoms with Crippen LogP contribution in [0.1, 0.15) is 22.1 Å². The molecule has 1 atom stereocenters. The van der Waals surface area contributed by atoms with Crippen LogP contribution in [-0.4, -0.2) is 28.5 Å². The first kappa shape index (κ1) is 14.7. The molecule has 3 aromatic rings. The van der Waals surface area contributed by atoms with Crippen molar-refractivity contribution in [3.63, 3.8) is 0 Å². The van der Waals surface area contributed by atoms with E-state index in [9.17, 15) is 4.79 Å². The Bertz CT molecular complexity index is 811. The summed E-state index contributed by atoms with van der Waals surface area (Å²) >= 11 is 0. The van der Waals surface area contributed by atoms with Crippen molar-refractivity contribution in [3.8, 4) is 5.69 Å². The predicted octanol–water partition coefficient (Wildman–Crippen LogP) is 3.65. The molecular formula is C20H18N2O2. The molecule has 0 aliphatic carbocycles. The fourth-order valence-corrected chi connectivity index (χ4v) is 3.02. The van der Waals surface area contributed by atoms with Gasteiger partial charge in [0, 0.05) is 35.8 Å². The van der Waals surface area contributed by atoms with Crippen molar-refractivity contribution in [3.05, 3.63) is 90.3 Å². The highest BCUT2D eigenvalue weighted by atomic mass is 16.5. The Balaban J connectivity index is 1.56. The topological polar surface area (TPSA) is 34.5 Å². The van der Waals surface area contributed by atoms with Gasteiger partial charge in [0.05, 0.1) is 6.61 Å². The number of hydrogen-bond acceptors (Lipinski definition) is 2. The Labute approximate surface area is 140 Å². The van der Waals surface area contributed by atoms with Crippen molar-refractivity contribution in [2.75, 3.05) is 13.2 Å². The average Bonchev–Trinajstić information content (AvgIpc) is 3.34. The fourth-order valence-electron chi connectivity index (χ4n) is 3.02. The Morgan fingerprint density at radius 2 is 1.62 bits per heavy atom. The summed E-state index contributed by atoms with van der Waals surface area (Å²) in [5, 5.41) is 0. The molecule has 4 rings (SSSR count). The van der Waals surface area contributed by atoms with Crippen LogP contribution < -0.4 is 0 Å². The zero-order valence-electron chi connectivity index (χ0n) is 13.2. The van der Waals surface area contributed by atoms with Crippen molar-refractivity contribution in [1.82, 2.24) is 9.47 Å². The Morgan fingerprint density at radius 3 is 2.33 bits per heavy atom. The third kappa shape index (κ3) is 2.72. The van der Waals surface area contributed by atoms with Crippen LogP contribution in [0.25, 0.3) is 5.69 Å². The molecule has 1 aliphatic rings. The van der Waals surface area contributed by atoms with E-state index in [1.54, 1.807) is 4.90 Å². The molecule has 4 heteroatoms. The summed E-state index contributed by atoms with van der Waals surface area (Å²) in [6, 6.07) is 21.5. The van der Waals surface area contributed by atoms with Crippen molar-refractivity contribution < 1.29 is 9.53 Å². The van der Waals surface area contributed by atoms with E-state index in [-0.39, 0.29) is 12.1 Å². The van der Waals surface area contributed by atoms with Gasteiger partial charge >= 0.3 is 0 Å². The van der Waals surface area contributed by atoms with Gasteiger partial charge in [-0.05, 0) is 36.4 Å². The van der Waals surface area contributed by atoms with E-state index in [2.05, 4.69) is 0 Å². The molecule has 1 fully saturated rings. The number of carbonyl (C=O) groups excluding carboxylic acids is 1. The van der Waals surface area contributed by atoms with Gasteiger partial charge < -0.3 is 14.2 Å². The van der Waals surface area contributed by atoms with Crippen LogP contribution in [0.4, 0.5) is 0 Å². The minimum absolute atomic E-state index is 0.000379. The summed E-state index contributed by atoms with van der Waals surface area (Å²) in [5.41, 5.74) is 2.72. The molecule has 1 aromatic heterocycles. The SMILES string of the molecule is O=C(c1ccc(-n2cccc2)cc1)N1CCOC1c1ccccc1. The van der Waals surface area contributed by atoms with E-state index in [4.69, 9.17) is 4.74 Å². The Hall–Kier alpha value is -2.85. The molecule has 0 radical (unpaired) electrons. The molecule has 0 N–H and O–H groups in total. The molecule has 1 saturated heterocycles. The zero-order chi connectivity index (χ0) is 16.4. The lowest BCUT2D eigenvalue weighted by molar-refractivity contribution is 0.0272. The van der Waals surface area contributed by atoms with Gasteiger partial charge in [-0.15, -0.1) is 0 Å². The second kappa shape index (κ2) is 6.34. The van der Waals surface area contributed by atoms with Gasteiger partial charge in [0.1, 0.15) is 0 Å². The highest BCUT2D eigenvalue weighted by Gasteiger charge is 2.31. The van der Waals surface area contributed by atoms with Crippen molar-refractivity contribution in [2.45, 2.75) is 6.23 Å². The minimum atomic E-state index is -0.303. The number of benzene rings is 2. The van der Waals surface area contributed by atoms with Gasteiger partial charge in [-0.3, -0.25) is 4.79 Å². The summed E-state index contributed by atoms with van der Waals surface area (Å²) in [5.74, 6) is 0.000379. The van der Waals surface area contributed by atoms with Gasteiger partial charge in [-0.2, -0.15) is 0 Å². The second-order valence-electron chi connectivity index (χ2n) is 5.77. The molecule has 1 unspecified atom stereocenters. The predicted molar refractivity (Wildman–Crippen MR) is 91.9 cm³/mol. The first-order chi connectivity index (χ1) is 11.8. The smallest absolute Gasteiger partial charge is 0.256 e. The number of rotatable bonds is 3. The molecule has 0 bridgehead atoms. The van der Waals surface area contributed by atoms with E-state index in [1.807, 2.05) is 83.7 Å². The first-order valence-electron chi connectivity index (χ1n) is 8.04. The molecule has 0 spiro atoms. The molecule has 1 aliphatic heterocycles. The molecule has 24 heavy (non-hydrogen) atoms. The van der Waals surface area contributed by atoms with Crippen molar-refractivity contribution in [1.29, 1.82) is 0 Å². The zero-order valence-corrected chi connectivity index (χ0v) is 13.2. The standard InChI is InChI=1S/C20H18N2O2/c23-19(16-8-10-18(11-9-16)21-12-4-5-13-21)22-14-15-24-20(22)17-6-2-1-3-7-17/h1-13,20H,14-15H2. The highest BCUT2D eigenvalue weighted by molar-refractivity contribution is 5.94. The van der Waals surface area contributed by atoms with Crippen LogP contribution in [0.2, 0.25) is 0 Å². The van der Waals surface area contributed by atoms with Crippen molar-refractivity contribution >= 4 is 5.91 Å². The Kier molecular flexibility index (Phi) is 3.89. The number of aromatic nitrogens is 1. The lowest BCUT2D eigenvalue weighted by atomic mass is 10.1. The largest absolute Gasteiger partial charge is 0.352 e. The van der Waals surface area contributed by atoms with Gasteiger partial charge in [0.2, 0.25) is 0 Å². The van der Waals surface area contributed by atoms with Gasteiger partial charge in [0.25, 0.3) is 5.91 Å². The molecule has 4 nitrogen and oxygen atoms in total. The second-order valence-corrected chi connectivity index (χ2v) is 5.77. The normalized spacial score (nSPS) is 17.2. The van der Waals surface area contributed by atoms with Crippen LogP contribution in [0.3, 0.4) is 0 Å². The maximum atomic E-state index is 12.9. The highest BCUT2D eigenvalue weighted by Crippen LogP contribution is 2.28. The van der Waals surface area contributed by atoms with Crippen LogP contribution >= 0.6 is 0 Å². The van der Waals surface area contributed by atoms with E-state index in [1.165, 1.54) is 0 Å².